The number of benzene rings is 2. The molecule has 0 spiro atoms. The van der Waals surface area contributed by atoms with Crippen molar-refractivity contribution in [3.63, 3.8) is 0 Å². The molecule has 10 nitrogen and oxygen atoms in total. The van der Waals surface area contributed by atoms with Gasteiger partial charge in [-0.3, -0.25) is 10.00 Å². The molecule has 4 heterocycles. The number of nitrogens with zero attached hydrogens (tertiary/aromatic N) is 5. The molecule has 1 amide bonds. The molecule has 1 saturated heterocycles. The van der Waals surface area contributed by atoms with Gasteiger partial charge in [-0.25, -0.2) is 14.3 Å². The van der Waals surface area contributed by atoms with Crippen LogP contribution in [-0.2, 0) is 17.7 Å². The molecule has 1 fully saturated rings. The van der Waals surface area contributed by atoms with Gasteiger partial charge in [0.1, 0.15) is 11.8 Å². The van der Waals surface area contributed by atoms with Crippen molar-refractivity contribution in [3.8, 4) is 0 Å². The maximum absolute atomic E-state index is 12.6. The first-order valence-electron chi connectivity index (χ1n) is 13.4. The van der Waals surface area contributed by atoms with Crippen molar-refractivity contribution in [1.29, 1.82) is 0 Å². The number of carbonyl (C=O) groups is 1. The van der Waals surface area contributed by atoms with E-state index in [2.05, 4.69) is 55.4 Å². The Kier molecular flexibility index (Phi) is 7.09. The zero-order valence-corrected chi connectivity index (χ0v) is 21.9. The summed E-state index contributed by atoms with van der Waals surface area (Å²) in [6.07, 6.45) is 7.48. The third-order valence-electron chi connectivity index (χ3n) is 7.26. The van der Waals surface area contributed by atoms with E-state index >= 15 is 0 Å². The van der Waals surface area contributed by atoms with Crippen LogP contribution in [0.3, 0.4) is 0 Å². The van der Waals surface area contributed by atoms with Gasteiger partial charge in [0.05, 0.1) is 36.7 Å². The fourth-order valence-electron chi connectivity index (χ4n) is 5.20. The lowest BCUT2D eigenvalue weighted by atomic mass is 9.99. The van der Waals surface area contributed by atoms with Crippen molar-refractivity contribution >= 4 is 39.7 Å². The molecule has 10 heteroatoms. The standard InChI is InChI=1S/C29H32N8O2/c1-2-24-25(35-29(38)39-18-21-10-12-30-13-11-21)17-37-27(24)28(31-19-33-37)34-23-8-9-26-22(14-23)15-32-36(26)16-20-6-4-3-5-7-20/h3-9,14-15,17,19,21,30H,2,10-13,16,18H2,1H3,(H,35,38)(H,31,33,34). The molecule has 6 rings (SSSR count). The molecular weight excluding hydrogens is 492 g/mol. The highest BCUT2D eigenvalue weighted by Gasteiger charge is 2.19. The van der Waals surface area contributed by atoms with Crippen molar-refractivity contribution in [2.24, 2.45) is 5.92 Å². The molecule has 0 atom stereocenters. The van der Waals surface area contributed by atoms with Crippen LogP contribution in [0.15, 0.2) is 67.3 Å². The number of carbonyl (C=O) groups excluding carboxylic acids is 1. The molecule has 1 aliphatic rings. The van der Waals surface area contributed by atoms with E-state index in [0.717, 1.165) is 53.6 Å². The molecule has 200 valence electrons. The molecule has 3 aromatic heterocycles. The number of rotatable bonds is 8. The molecule has 0 saturated carbocycles. The van der Waals surface area contributed by atoms with E-state index < -0.39 is 6.09 Å². The van der Waals surface area contributed by atoms with E-state index in [-0.39, 0.29) is 0 Å². The molecule has 1 aliphatic heterocycles. The van der Waals surface area contributed by atoms with Gasteiger partial charge in [-0.2, -0.15) is 10.2 Å². The Hall–Kier alpha value is -4.44. The van der Waals surface area contributed by atoms with Crippen molar-refractivity contribution < 1.29 is 9.53 Å². The van der Waals surface area contributed by atoms with Crippen LogP contribution in [0.4, 0.5) is 22.0 Å². The third-order valence-corrected chi connectivity index (χ3v) is 7.26. The second-order valence-corrected chi connectivity index (χ2v) is 9.88. The Morgan fingerprint density at radius 1 is 1.13 bits per heavy atom. The topological polar surface area (TPSA) is 110 Å². The van der Waals surface area contributed by atoms with Gasteiger partial charge < -0.3 is 15.4 Å². The highest BCUT2D eigenvalue weighted by Crippen LogP contribution is 2.30. The Bertz CT molecular complexity index is 1590. The maximum Gasteiger partial charge on any atom is 0.411 e. The quantitative estimate of drug-likeness (QED) is 0.263. The minimum absolute atomic E-state index is 0.403. The first kappa shape index (κ1) is 24.9. The average Bonchev–Trinajstić information content (AvgIpc) is 3.53. The fraction of sp³-hybridized carbons (Fsp3) is 0.310. The van der Waals surface area contributed by atoms with Gasteiger partial charge in [-0.15, -0.1) is 0 Å². The minimum atomic E-state index is -0.445. The van der Waals surface area contributed by atoms with E-state index in [1.807, 2.05) is 48.3 Å². The number of hydrogen-bond donors (Lipinski definition) is 3. The van der Waals surface area contributed by atoms with Gasteiger partial charge in [0.15, 0.2) is 5.82 Å². The zero-order valence-electron chi connectivity index (χ0n) is 21.9. The van der Waals surface area contributed by atoms with Crippen LogP contribution in [-0.4, -0.2) is 50.2 Å². The number of ether oxygens (including phenoxy) is 1. The molecular formula is C29H32N8O2. The summed E-state index contributed by atoms with van der Waals surface area (Å²) in [7, 11) is 0. The lowest BCUT2D eigenvalue weighted by Crippen LogP contribution is -2.31. The molecule has 0 bridgehead atoms. The summed E-state index contributed by atoms with van der Waals surface area (Å²) in [5.41, 5.74) is 5.58. The Morgan fingerprint density at radius 2 is 1.97 bits per heavy atom. The monoisotopic (exact) mass is 524 g/mol. The van der Waals surface area contributed by atoms with Gasteiger partial charge in [-0.05, 0) is 62.0 Å². The zero-order chi connectivity index (χ0) is 26.6. The summed E-state index contributed by atoms with van der Waals surface area (Å²) < 4.78 is 9.29. The maximum atomic E-state index is 12.6. The number of nitrogens with one attached hydrogen (secondary N) is 3. The predicted molar refractivity (Wildman–Crippen MR) is 151 cm³/mol. The van der Waals surface area contributed by atoms with Crippen molar-refractivity contribution in [2.45, 2.75) is 32.7 Å². The van der Waals surface area contributed by atoms with Crippen molar-refractivity contribution in [2.75, 3.05) is 30.3 Å². The van der Waals surface area contributed by atoms with E-state index in [4.69, 9.17) is 4.74 Å². The number of fused-ring (bicyclic) bond motifs is 2. The van der Waals surface area contributed by atoms with Crippen molar-refractivity contribution in [3.05, 3.63) is 78.4 Å². The number of amides is 1. The van der Waals surface area contributed by atoms with Gasteiger partial charge in [0, 0.05) is 16.6 Å². The highest BCUT2D eigenvalue weighted by molar-refractivity contribution is 5.91. The first-order chi connectivity index (χ1) is 19.2. The van der Waals surface area contributed by atoms with Crippen LogP contribution < -0.4 is 16.0 Å². The summed E-state index contributed by atoms with van der Waals surface area (Å²) in [5, 5.41) is 19.7. The summed E-state index contributed by atoms with van der Waals surface area (Å²) in [6.45, 7) is 5.13. The van der Waals surface area contributed by atoms with Gasteiger partial charge >= 0.3 is 6.09 Å². The van der Waals surface area contributed by atoms with Crippen LogP contribution >= 0.6 is 0 Å². The van der Waals surface area contributed by atoms with Crippen LogP contribution in [0.25, 0.3) is 16.4 Å². The van der Waals surface area contributed by atoms with E-state index in [0.29, 0.717) is 37.0 Å². The smallest absolute Gasteiger partial charge is 0.411 e. The Morgan fingerprint density at radius 3 is 2.79 bits per heavy atom. The van der Waals surface area contributed by atoms with E-state index in [1.54, 1.807) is 4.52 Å². The van der Waals surface area contributed by atoms with Crippen LogP contribution in [0.5, 0.6) is 0 Å². The number of hydrogen-bond acceptors (Lipinski definition) is 7. The molecule has 39 heavy (non-hydrogen) atoms. The lowest BCUT2D eigenvalue weighted by molar-refractivity contribution is 0.131. The van der Waals surface area contributed by atoms with Gasteiger partial charge in [0.25, 0.3) is 0 Å². The molecule has 0 radical (unpaired) electrons. The first-order valence-corrected chi connectivity index (χ1v) is 13.4. The normalized spacial score (nSPS) is 14.1. The highest BCUT2D eigenvalue weighted by atomic mass is 16.5. The molecule has 0 aliphatic carbocycles. The lowest BCUT2D eigenvalue weighted by Gasteiger charge is -2.22. The van der Waals surface area contributed by atoms with Crippen LogP contribution in [0.1, 0.15) is 30.9 Å². The van der Waals surface area contributed by atoms with E-state index in [9.17, 15) is 4.79 Å². The number of anilines is 3. The predicted octanol–water partition coefficient (Wildman–Crippen LogP) is 4.98. The second-order valence-electron chi connectivity index (χ2n) is 9.88. The molecule has 0 unspecified atom stereocenters. The minimum Gasteiger partial charge on any atom is -0.449 e. The van der Waals surface area contributed by atoms with Crippen LogP contribution in [0, 0.1) is 5.92 Å². The van der Waals surface area contributed by atoms with Gasteiger partial charge in [-0.1, -0.05) is 37.3 Å². The summed E-state index contributed by atoms with van der Waals surface area (Å²) >= 11 is 0. The number of aromatic nitrogens is 5. The summed E-state index contributed by atoms with van der Waals surface area (Å²) in [4.78, 5) is 17.1. The largest absolute Gasteiger partial charge is 0.449 e. The Labute approximate surface area is 226 Å². The second kappa shape index (κ2) is 11.1. The summed E-state index contributed by atoms with van der Waals surface area (Å²) in [5.74, 6) is 1.06. The number of aryl methyl sites for hydroxylation is 1. The van der Waals surface area contributed by atoms with Gasteiger partial charge in [0.2, 0.25) is 0 Å². The molecule has 3 N–H and O–H groups in total. The van der Waals surface area contributed by atoms with E-state index in [1.165, 1.54) is 11.9 Å². The fourth-order valence-corrected chi connectivity index (χ4v) is 5.20. The Balaban J connectivity index is 1.20. The summed E-state index contributed by atoms with van der Waals surface area (Å²) in [6, 6.07) is 16.4. The van der Waals surface area contributed by atoms with Crippen molar-refractivity contribution in [1.82, 2.24) is 29.7 Å². The van der Waals surface area contributed by atoms with Crippen LogP contribution in [0.2, 0.25) is 0 Å². The number of piperidine rings is 1. The molecule has 2 aromatic carbocycles. The SMILES string of the molecule is CCc1c(NC(=O)OCC2CCNCC2)cn2ncnc(Nc3ccc4c(cnn4Cc4ccccc4)c3)c12. The average molecular weight is 525 g/mol. The molecule has 5 aromatic rings. The third kappa shape index (κ3) is 5.42.